The van der Waals surface area contributed by atoms with Crippen LogP contribution < -0.4 is 4.74 Å². The van der Waals surface area contributed by atoms with Crippen molar-refractivity contribution in [3.63, 3.8) is 0 Å². The molecule has 0 radical (unpaired) electrons. The van der Waals surface area contributed by atoms with Crippen molar-refractivity contribution in [2.75, 3.05) is 0 Å². The number of ether oxygens (including phenoxy) is 1. The Kier molecular flexibility index (Phi) is 2.77. The van der Waals surface area contributed by atoms with Crippen LogP contribution in [-0.4, -0.2) is 30.9 Å². The molecule has 0 unspecified atom stereocenters. The maximum atomic E-state index is 12.4. The number of hydrogen-bond donors (Lipinski definition) is 1. The van der Waals surface area contributed by atoms with Gasteiger partial charge in [-0.15, -0.1) is 23.4 Å². The summed E-state index contributed by atoms with van der Waals surface area (Å²) in [4.78, 5) is 7.15. The van der Waals surface area contributed by atoms with E-state index in [2.05, 4.69) is 24.9 Å². The second-order valence-corrected chi connectivity index (χ2v) is 4.76. The molecular formula is C14H8F3N5O. The highest BCUT2D eigenvalue weighted by Gasteiger charge is 2.31. The Labute approximate surface area is 126 Å². The van der Waals surface area contributed by atoms with Gasteiger partial charge in [0.05, 0.1) is 11.7 Å². The van der Waals surface area contributed by atoms with Gasteiger partial charge in [-0.25, -0.2) is 4.98 Å². The first-order chi connectivity index (χ1) is 11.0. The van der Waals surface area contributed by atoms with E-state index in [1.54, 1.807) is 22.7 Å². The van der Waals surface area contributed by atoms with Crippen LogP contribution in [0.25, 0.3) is 28.2 Å². The third kappa shape index (κ3) is 2.35. The molecule has 0 aliphatic carbocycles. The maximum Gasteiger partial charge on any atom is 0.573 e. The average molecular weight is 319 g/mol. The lowest BCUT2D eigenvalue weighted by Gasteiger charge is -2.09. The largest absolute Gasteiger partial charge is 0.573 e. The van der Waals surface area contributed by atoms with Crippen molar-refractivity contribution in [3.05, 3.63) is 42.7 Å². The lowest BCUT2D eigenvalue weighted by molar-refractivity contribution is -0.274. The summed E-state index contributed by atoms with van der Waals surface area (Å²) in [6.45, 7) is 0. The molecule has 9 heteroatoms. The fourth-order valence-corrected chi connectivity index (χ4v) is 2.40. The van der Waals surface area contributed by atoms with Gasteiger partial charge in [-0.05, 0) is 18.2 Å². The Morgan fingerprint density at radius 3 is 2.83 bits per heavy atom. The van der Waals surface area contributed by atoms with Gasteiger partial charge in [-0.3, -0.25) is 4.40 Å². The van der Waals surface area contributed by atoms with Gasteiger partial charge >= 0.3 is 6.36 Å². The Morgan fingerprint density at radius 2 is 2.00 bits per heavy atom. The molecule has 3 aromatic heterocycles. The number of nitrogens with one attached hydrogen (secondary N) is 1. The summed E-state index contributed by atoms with van der Waals surface area (Å²) in [6, 6.07) is 7.39. The third-order valence-electron chi connectivity index (χ3n) is 3.27. The fourth-order valence-electron chi connectivity index (χ4n) is 2.40. The normalized spacial score (nSPS) is 12.1. The molecule has 6 nitrogen and oxygen atoms in total. The number of aromatic amines is 1. The van der Waals surface area contributed by atoms with E-state index >= 15 is 0 Å². The van der Waals surface area contributed by atoms with Gasteiger partial charge in [0.25, 0.3) is 0 Å². The lowest BCUT2D eigenvalue weighted by Crippen LogP contribution is -2.17. The Balaban J connectivity index is 1.89. The smallest absolute Gasteiger partial charge is 0.406 e. The minimum absolute atomic E-state index is 0.314. The first kappa shape index (κ1) is 13.6. The first-order valence-corrected chi connectivity index (χ1v) is 6.55. The van der Waals surface area contributed by atoms with Crippen LogP contribution in [0, 0.1) is 0 Å². The fraction of sp³-hybridized carbons (Fsp3) is 0.0714. The van der Waals surface area contributed by atoms with Gasteiger partial charge < -0.3 is 9.72 Å². The third-order valence-corrected chi connectivity index (χ3v) is 3.27. The van der Waals surface area contributed by atoms with Crippen LogP contribution in [0.3, 0.4) is 0 Å². The zero-order valence-corrected chi connectivity index (χ0v) is 11.4. The van der Waals surface area contributed by atoms with E-state index in [0.29, 0.717) is 22.7 Å². The van der Waals surface area contributed by atoms with Crippen molar-refractivity contribution in [2.24, 2.45) is 0 Å². The number of nitrogens with zero attached hydrogens (tertiary/aromatic N) is 4. The van der Waals surface area contributed by atoms with E-state index < -0.39 is 6.36 Å². The molecule has 3 heterocycles. The number of H-pyrrole nitrogens is 1. The van der Waals surface area contributed by atoms with Crippen LogP contribution in [-0.2, 0) is 0 Å². The molecule has 0 aliphatic heterocycles. The van der Waals surface area contributed by atoms with E-state index in [9.17, 15) is 13.2 Å². The molecule has 0 saturated carbocycles. The standard InChI is InChI=1S/C14H8F3N5O/c15-14(16,17)23-9-3-1-2-8(6-9)13-21-20-11-7-19-12-10(22(11)13)4-5-18-12/h1-7,18H. The predicted molar refractivity (Wildman–Crippen MR) is 74.8 cm³/mol. The average Bonchev–Trinajstić information content (AvgIpc) is 3.11. The molecule has 0 bridgehead atoms. The number of alkyl halides is 3. The summed E-state index contributed by atoms with van der Waals surface area (Å²) >= 11 is 0. The van der Waals surface area contributed by atoms with Crippen LogP contribution in [0.4, 0.5) is 13.2 Å². The second-order valence-electron chi connectivity index (χ2n) is 4.76. The Morgan fingerprint density at radius 1 is 1.13 bits per heavy atom. The van der Waals surface area contributed by atoms with Gasteiger partial charge in [0.15, 0.2) is 17.1 Å². The van der Waals surface area contributed by atoms with Gasteiger partial charge in [0.1, 0.15) is 5.75 Å². The monoisotopic (exact) mass is 319 g/mol. The number of rotatable bonds is 2. The highest BCUT2D eigenvalue weighted by molar-refractivity contribution is 5.77. The minimum Gasteiger partial charge on any atom is -0.406 e. The van der Waals surface area contributed by atoms with Crippen LogP contribution in [0.1, 0.15) is 0 Å². The zero-order valence-electron chi connectivity index (χ0n) is 11.4. The topological polar surface area (TPSA) is 68.1 Å². The van der Waals surface area contributed by atoms with Gasteiger partial charge in [-0.2, -0.15) is 0 Å². The number of fused-ring (bicyclic) bond motifs is 3. The summed E-state index contributed by atoms with van der Waals surface area (Å²) in [7, 11) is 0. The van der Waals surface area contributed by atoms with Crippen molar-refractivity contribution >= 4 is 16.8 Å². The van der Waals surface area contributed by atoms with E-state index in [4.69, 9.17) is 0 Å². The van der Waals surface area contributed by atoms with E-state index in [1.807, 2.05) is 0 Å². The molecule has 0 amide bonds. The van der Waals surface area contributed by atoms with Crippen molar-refractivity contribution in [1.82, 2.24) is 24.6 Å². The minimum atomic E-state index is -4.75. The molecule has 1 N–H and O–H groups in total. The SMILES string of the molecule is FC(F)(F)Oc1cccc(-c2nnc3cnc4[nH]ccc4n23)c1. The van der Waals surface area contributed by atoms with Gasteiger partial charge in [0, 0.05) is 11.8 Å². The van der Waals surface area contributed by atoms with Crippen molar-refractivity contribution in [1.29, 1.82) is 0 Å². The summed E-state index contributed by atoms with van der Waals surface area (Å²) < 4.78 is 42.8. The van der Waals surface area contributed by atoms with Crippen molar-refractivity contribution in [2.45, 2.75) is 6.36 Å². The molecule has 116 valence electrons. The van der Waals surface area contributed by atoms with Crippen LogP contribution in [0.2, 0.25) is 0 Å². The molecule has 0 atom stereocenters. The van der Waals surface area contributed by atoms with Crippen LogP contribution >= 0.6 is 0 Å². The van der Waals surface area contributed by atoms with Crippen molar-refractivity contribution < 1.29 is 17.9 Å². The molecule has 0 spiro atoms. The number of aromatic nitrogens is 5. The summed E-state index contributed by atoms with van der Waals surface area (Å²) in [6.07, 6.45) is -1.50. The van der Waals surface area contributed by atoms with Gasteiger partial charge in [-0.1, -0.05) is 12.1 Å². The maximum absolute atomic E-state index is 12.4. The molecule has 1 aromatic carbocycles. The number of halogens is 3. The summed E-state index contributed by atoms with van der Waals surface area (Å²) in [5.74, 6) is 0.0887. The molecule has 0 fully saturated rings. The predicted octanol–water partition coefficient (Wildman–Crippen LogP) is 3.17. The zero-order chi connectivity index (χ0) is 16.0. The quantitative estimate of drug-likeness (QED) is 0.616. The molecule has 0 saturated heterocycles. The highest BCUT2D eigenvalue weighted by atomic mass is 19.4. The molecule has 0 aliphatic rings. The molecule has 4 aromatic rings. The Hall–Kier alpha value is -3.10. The molecule has 23 heavy (non-hydrogen) atoms. The number of hydrogen-bond acceptors (Lipinski definition) is 4. The summed E-state index contributed by atoms with van der Waals surface area (Å²) in [5.41, 5.74) is 2.30. The summed E-state index contributed by atoms with van der Waals surface area (Å²) in [5, 5.41) is 8.06. The van der Waals surface area contributed by atoms with E-state index in [0.717, 1.165) is 5.52 Å². The lowest BCUT2D eigenvalue weighted by atomic mass is 10.2. The van der Waals surface area contributed by atoms with Crippen LogP contribution in [0.5, 0.6) is 5.75 Å². The Bertz CT molecular complexity index is 1000. The molecular weight excluding hydrogens is 311 g/mol. The van der Waals surface area contributed by atoms with E-state index in [-0.39, 0.29) is 5.75 Å². The molecule has 4 rings (SSSR count). The number of benzene rings is 1. The highest BCUT2D eigenvalue weighted by Crippen LogP contribution is 2.28. The van der Waals surface area contributed by atoms with Crippen molar-refractivity contribution in [3.8, 4) is 17.1 Å². The van der Waals surface area contributed by atoms with Gasteiger partial charge in [0.2, 0.25) is 0 Å². The van der Waals surface area contributed by atoms with Crippen LogP contribution in [0.15, 0.2) is 42.7 Å². The van der Waals surface area contributed by atoms with E-state index in [1.165, 1.54) is 24.4 Å². The first-order valence-electron chi connectivity index (χ1n) is 6.55. The second kappa shape index (κ2) is 4.70.